The number of rotatable bonds is 13. The van der Waals surface area contributed by atoms with Gasteiger partial charge in [0.05, 0.1) is 0 Å². The van der Waals surface area contributed by atoms with Crippen LogP contribution in [0.25, 0.3) is 0 Å². The van der Waals surface area contributed by atoms with Crippen LogP contribution in [0.1, 0.15) is 76.7 Å². The molecule has 1 saturated carbocycles. The molecule has 2 rings (SSSR count). The average Bonchev–Trinajstić information content (AvgIpc) is 3.29. The van der Waals surface area contributed by atoms with Gasteiger partial charge in [-0.2, -0.15) is 0 Å². The lowest BCUT2D eigenvalue weighted by molar-refractivity contribution is -0.152. The van der Waals surface area contributed by atoms with Gasteiger partial charge in [-0.15, -0.1) is 0 Å². The third kappa shape index (κ3) is 10.5. The molecule has 1 atom stereocenters. The molecule has 0 unspecified atom stereocenters. The van der Waals surface area contributed by atoms with Crippen molar-refractivity contribution < 1.29 is 29.1 Å². The number of anilines is 1. The molecule has 9 nitrogen and oxygen atoms in total. The summed E-state index contributed by atoms with van der Waals surface area (Å²) >= 11 is 0. The number of esters is 1. The van der Waals surface area contributed by atoms with Crippen LogP contribution in [0.2, 0.25) is 0 Å². The van der Waals surface area contributed by atoms with Crippen molar-refractivity contribution in [1.82, 2.24) is 10.8 Å². The summed E-state index contributed by atoms with van der Waals surface area (Å²) in [5.41, 5.74) is 3.11. The molecular weight excluding hydrogens is 426 g/mol. The van der Waals surface area contributed by atoms with Gasteiger partial charge in [-0.25, -0.2) is 10.3 Å². The van der Waals surface area contributed by atoms with Crippen LogP contribution in [0.3, 0.4) is 0 Å². The topological polar surface area (TPSA) is 134 Å². The SMILES string of the molecule is CC(=O)N[C@@H](Cc1ccc(NC(=O)CCCCCCC(=O)NO)cc1)C(=O)OC1CCCC1. The monoisotopic (exact) mass is 461 g/mol. The van der Waals surface area contributed by atoms with E-state index in [9.17, 15) is 19.2 Å². The van der Waals surface area contributed by atoms with Gasteiger partial charge in [-0.05, 0) is 56.2 Å². The Hall–Kier alpha value is -2.94. The van der Waals surface area contributed by atoms with Crippen LogP contribution in [-0.4, -0.2) is 41.0 Å². The fraction of sp³-hybridized carbons (Fsp3) is 0.583. The molecule has 0 spiro atoms. The zero-order chi connectivity index (χ0) is 24.1. The fourth-order valence-electron chi connectivity index (χ4n) is 3.86. The predicted octanol–water partition coefficient (Wildman–Crippen LogP) is 3.00. The molecule has 0 bridgehead atoms. The number of benzene rings is 1. The van der Waals surface area contributed by atoms with Crippen molar-refractivity contribution in [3.8, 4) is 0 Å². The molecule has 0 aromatic heterocycles. The van der Waals surface area contributed by atoms with Crippen LogP contribution in [0.15, 0.2) is 24.3 Å². The summed E-state index contributed by atoms with van der Waals surface area (Å²) < 4.78 is 5.56. The van der Waals surface area contributed by atoms with E-state index >= 15 is 0 Å². The average molecular weight is 462 g/mol. The van der Waals surface area contributed by atoms with E-state index in [-0.39, 0.29) is 24.3 Å². The smallest absolute Gasteiger partial charge is 0.329 e. The Balaban J connectivity index is 1.76. The number of unbranched alkanes of at least 4 members (excludes halogenated alkanes) is 3. The van der Waals surface area contributed by atoms with Crippen molar-refractivity contribution >= 4 is 29.4 Å². The first-order valence-corrected chi connectivity index (χ1v) is 11.7. The van der Waals surface area contributed by atoms with Crippen LogP contribution < -0.4 is 16.1 Å². The van der Waals surface area contributed by atoms with Gasteiger partial charge in [-0.3, -0.25) is 19.6 Å². The van der Waals surface area contributed by atoms with E-state index in [4.69, 9.17) is 9.94 Å². The number of carbonyl (C=O) groups is 4. The Bertz CT molecular complexity index is 790. The van der Waals surface area contributed by atoms with Crippen molar-refractivity contribution in [1.29, 1.82) is 0 Å². The van der Waals surface area contributed by atoms with Crippen molar-refractivity contribution in [2.75, 3.05) is 5.32 Å². The molecule has 1 aliphatic rings. The van der Waals surface area contributed by atoms with Crippen LogP contribution in [0, 0.1) is 0 Å². The van der Waals surface area contributed by atoms with Crippen LogP contribution in [-0.2, 0) is 30.3 Å². The minimum absolute atomic E-state index is 0.0635. The summed E-state index contributed by atoms with van der Waals surface area (Å²) in [6, 6.07) is 6.44. The van der Waals surface area contributed by atoms with Crippen LogP contribution in [0.4, 0.5) is 5.69 Å². The number of carbonyl (C=O) groups excluding carboxylic acids is 4. The summed E-state index contributed by atoms with van der Waals surface area (Å²) in [5, 5.41) is 14.0. The lowest BCUT2D eigenvalue weighted by Gasteiger charge is -2.20. The summed E-state index contributed by atoms with van der Waals surface area (Å²) in [4.78, 5) is 47.1. The molecule has 0 radical (unpaired) electrons. The number of nitrogens with one attached hydrogen (secondary N) is 3. The normalized spacial score (nSPS) is 14.4. The minimum Gasteiger partial charge on any atom is -0.461 e. The van der Waals surface area contributed by atoms with E-state index in [0.29, 0.717) is 31.4 Å². The van der Waals surface area contributed by atoms with Crippen molar-refractivity contribution in [2.24, 2.45) is 0 Å². The molecule has 1 aromatic carbocycles. The maximum Gasteiger partial charge on any atom is 0.329 e. The van der Waals surface area contributed by atoms with E-state index in [1.54, 1.807) is 17.6 Å². The molecule has 182 valence electrons. The Kier molecular flexibility index (Phi) is 11.4. The molecule has 1 aliphatic carbocycles. The van der Waals surface area contributed by atoms with E-state index in [1.165, 1.54) is 6.92 Å². The molecule has 1 aromatic rings. The molecular formula is C24H35N3O6. The molecule has 4 N–H and O–H groups in total. The summed E-state index contributed by atoms with van der Waals surface area (Å²) in [7, 11) is 0. The van der Waals surface area contributed by atoms with Gasteiger partial charge in [0.1, 0.15) is 12.1 Å². The lowest BCUT2D eigenvalue weighted by atomic mass is 10.1. The van der Waals surface area contributed by atoms with E-state index < -0.39 is 17.9 Å². The summed E-state index contributed by atoms with van der Waals surface area (Å²) in [6.07, 6.45) is 7.78. The van der Waals surface area contributed by atoms with Crippen LogP contribution >= 0.6 is 0 Å². The highest BCUT2D eigenvalue weighted by atomic mass is 16.5. The maximum atomic E-state index is 12.5. The highest BCUT2D eigenvalue weighted by Crippen LogP contribution is 2.22. The van der Waals surface area contributed by atoms with Gasteiger partial charge in [0.25, 0.3) is 0 Å². The van der Waals surface area contributed by atoms with Crippen LogP contribution in [0.5, 0.6) is 0 Å². The zero-order valence-corrected chi connectivity index (χ0v) is 19.2. The molecule has 1 fully saturated rings. The van der Waals surface area contributed by atoms with Crippen molar-refractivity contribution in [3.05, 3.63) is 29.8 Å². The summed E-state index contributed by atoms with van der Waals surface area (Å²) in [6.45, 7) is 1.38. The molecule has 3 amide bonds. The number of hydrogen-bond acceptors (Lipinski definition) is 6. The number of amides is 3. The Morgan fingerprint density at radius 3 is 2.15 bits per heavy atom. The molecule has 33 heavy (non-hydrogen) atoms. The lowest BCUT2D eigenvalue weighted by Crippen LogP contribution is -2.43. The standard InChI is InChI=1S/C24H35N3O6/c1-17(28)25-21(24(31)33-20-8-6-7-9-20)16-18-12-14-19(15-13-18)26-22(29)10-4-2-3-5-11-23(30)27-32/h12-15,20-21,32H,2-11,16H2,1H3,(H,25,28)(H,26,29)(H,27,30)/t21-/m0/s1. The predicted molar refractivity (Wildman–Crippen MR) is 122 cm³/mol. The van der Waals surface area contributed by atoms with Gasteiger partial charge in [0, 0.05) is 31.9 Å². The second-order valence-electron chi connectivity index (χ2n) is 8.49. The Morgan fingerprint density at radius 2 is 1.58 bits per heavy atom. The van der Waals surface area contributed by atoms with Gasteiger partial charge in [0.15, 0.2) is 0 Å². The van der Waals surface area contributed by atoms with Crippen molar-refractivity contribution in [3.63, 3.8) is 0 Å². The quantitative estimate of drug-likeness (QED) is 0.154. The van der Waals surface area contributed by atoms with Gasteiger partial charge in [0.2, 0.25) is 17.7 Å². The number of hydroxylamine groups is 1. The maximum absolute atomic E-state index is 12.5. The molecule has 0 aliphatic heterocycles. The largest absolute Gasteiger partial charge is 0.461 e. The highest BCUT2D eigenvalue weighted by Gasteiger charge is 2.26. The Labute approximate surface area is 194 Å². The second-order valence-corrected chi connectivity index (χ2v) is 8.49. The molecule has 0 saturated heterocycles. The van der Waals surface area contributed by atoms with E-state index in [2.05, 4.69) is 10.6 Å². The second kappa shape index (κ2) is 14.3. The molecule has 0 heterocycles. The first-order valence-electron chi connectivity index (χ1n) is 11.7. The third-order valence-electron chi connectivity index (χ3n) is 5.61. The fourth-order valence-corrected chi connectivity index (χ4v) is 3.86. The van der Waals surface area contributed by atoms with E-state index in [0.717, 1.165) is 44.1 Å². The zero-order valence-electron chi connectivity index (χ0n) is 19.2. The van der Waals surface area contributed by atoms with Gasteiger partial charge in [-0.1, -0.05) is 25.0 Å². The van der Waals surface area contributed by atoms with Gasteiger partial charge >= 0.3 is 5.97 Å². The highest BCUT2D eigenvalue weighted by molar-refractivity contribution is 5.90. The van der Waals surface area contributed by atoms with E-state index in [1.807, 2.05) is 12.1 Å². The minimum atomic E-state index is -0.744. The van der Waals surface area contributed by atoms with Crippen molar-refractivity contribution in [2.45, 2.75) is 89.7 Å². The third-order valence-corrected chi connectivity index (χ3v) is 5.61. The van der Waals surface area contributed by atoms with Gasteiger partial charge < -0.3 is 15.4 Å². The Morgan fingerprint density at radius 1 is 0.970 bits per heavy atom. The first kappa shape index (κ1) is 26.3. The molecule has 9 heteroatoms. The first-order chi connectivity index (χ1) is 15.9. The number of hydrogen-bond donors (Lipinski definition) is 4. The summed E-state index contributed by atoms with van der Waals surface area (Å²) in [5.74, 6) is -1.19. The number of ether oxygens (including phenoxy) is 1.